The Labute approximate surface area is 183 Å². The first kappa shape index (κ1) is 20.2. The Morgan fingerprint density at radius 2 is 0.885 bits per heavy atom. The molecule has 0 aromatic heterocycles. The number of hydrogen-bond acceptors (Lipinski definition) is 4. The molecule has 2 saturated heterocycles. The number of hydrogen-bond donors (Lipinski definition) is 0. The first-order valence-corrected chi connectivity index (χ1v) is 11.2. The number of amides is 4. The number of alkyl halides is 4. The van der Waals surface area contributed by atoms with E-state index in [4.69, 9.17) is 0 Å². The third-order valence-electron chi connectivity index (χ3n) is 4.30. The number of halogens is 4. The summed E-state index contributed by atoms with van der Waals surface area (Å²) in [6.07, 6.45) is 0. The van der Waals surface area contributed by atoms with Crippen molar-refractivity contribution in [1.29, 1.82) is 0 Å². The molecular formula is C16H12Br4N2O4. The molecule has 2 aliphatic rings. The molecule has 0 N–H and O–H groups in total. The van der Waals surface area contributed by atoms with E-state index in [1.807, 2.05) is 0 Å². The molecule has 0 saturated carbocycles. The van der Waals surface area contributed by atoms with Crippen molar-refractivity contribution in [3.63, 3.8) is 0 Å². The Morgan fingerprint density at radius 3 is 1.15 bits per heavy atom. The molecule has 26 heavy (non-hydrogen) atoms. The van der Waals surface area contributed by atoms with Gasteiger partial charge in [0.2, 0.25) is 23.6 Å². The lowest BCUT2D eigenvalue weighted by Gasteiger charge is -2.20. The second-order valence-electron chi connectivity index (χ2n) is 5.90. The van der Waals surface area contributed by atoms with Gasteiger partial charge in [-0.05, 0) is 11.1 Å². The van der Waals surface area contributed by atoms with Crippen LogP contribution in [0.2, 0.25) is 0 Å². The topological polar surface area (TPSA) is 74.8 Å². The van der Waals surface area contributed by atoms with Gasteiger partial charge in [-0.1, -0.05) is 88.0 Å². The van der Waals surface area contributed by atoms with Gasteiger partial charge in [-0.3, -0.25) is 29.0 Å². The molecule has 138 valence electrons. The Morgan fingerprint density at radius 1 is 0.615 bits per heavy atom. The summed E-state index contributed by atoms with van der Waals surface area (Å²) in [5.41, 5.74) is 1.42. The molecule has 1 aromatic rings. The van der Waals surface area contributed by atoms with Crippen molar-refractivity contribution in [2.45, 2.75) is 32.4 Å². The van der Waals surface area contributed by atoms with Crippen molar-refractivity contribution < 1.29 is 19.2 Å². The number of carbonyl (C=O) groups is 4. The molecule has 0 aliphatic carbocycles. The largest absolute Gasteiger partial charge is 0.276 e. The molecule has 2 fully saturated rings. The molecule has 6 nitrogen and oxygen atoms in total. The number of rotatable bonds is 4. The molecule has 4 unspecified atom stereocenters. The van der Waals surface area contributed by atoms with E-state index in [0.717, 1.165) is 0 Å². The first-order chi connectivity index (χ1) is 12.2. The lowest BCUT2D eigenvalue weighted by atomic mass is 10.1. The lowest BCUT2D eigenvalue weighted by Crippen LogP contribution is -2.33. The standard InChI is InChI=1S/C16H12Br4N2O4/c17-9-10(18)14(24)21(13(9)23)5-7-3-1-2-4-8(7)6-22-15(25)11(19)12(20)16(22)26/h1-4,9-12H,5-6H2. The summed E-state index contributed by atoms with van der Waals surface area (Å²) in [5, 5.41) is 0. The van der Waals surface area contributed by atoms with Gasteiger partial charge in [-0.2, -0.15) is 0 Å². The highest BCUT2D eigenvalue weighted by molar-refractivity contribution is 9.13. The second-order valence-corrected chi connectivity index (χ2v) is 9.85. The molecule has 2 aliphatic heterocycles. The summed E-state index contributed by atoms with van der Waals surface area (Å²) >= 11 is 12.9. The minimum Gasteiger partial charge on any atom is -0.276 e. The minimum absolute atomic E-state index is 0.0870. The highest BCUT2D eigenvalue weighted by Gasteiger charge is 2.46. The molecule has 3 rings (SSSR count). The Bertz CT molecular complexity index is 697. The average molecular weight is 616 g/mol. The highest BCUT2D eigenvalue weighted by atomic mass is 79.9. The summed E-state index contributed by atoms with van der Waals surface area (Å²) in [6.45, 7) is 0.174. The number of nitrogens with zero attached hydrogens (tertiary/aromatic N) is 2. The third kappa shape index (κ3) is 3.45. The van der Waals surface area contributed by atoms with Crippen LogP contribution in [-0.4, -0.2) is 52.7 Å². The van der Waals surface area contributed by atoms with E-state index in [2.05, 4.69) is 63.7 Å². The van der Waals surface area contributed by atoms with E-state index < -0.39 is 19.3 Å². The van der Waals surface area contributed by atoms with Crippen molar-refractivity contribution >= 4 is 87.3 Å². The zero-order chi connectivity index (χ0) is 19.2. The normalized spacial score (nSPS) is 29.2. The van der Waals surface area contributed by atoms with Gasteiger partial charge in [0, 0.05) is 0 Å². The molecule has 0 bridgehead atoms. The van der Waals surface area contributed by atoms with Gasteiger partial charge >= 0.3 is 0 Å². The van der Waals surface area contributed by atoms with Crippen molar-refractivity contribution in [2.24, 2.45) is 0 Å². The van der Waals surface area contributed by atoms with Crippen molar-refractivity contribution in [1.82, 2.24) is 9.80 Å². The fourth-order valence-electron chi connectivity index (χ4n) is 2.83. The van der Waals surface area contributed by atoms with E-state index in [1.54, 1.807) is 24.3 Å². The molecule has 0 spiro atoms. The van der Waals surface area contributed by atoms with Gasteiger partial charge in [0.1, 0.15) is 19.3 Å². The van der Waals surface area contributed by atoms with Crippen LogP contribution in [0.4, 0.5) is 0 Å². The Hall–Kier alpha value is -0.580. The van der Waals surface area contributed by atoms with Crippen LogP contribution in [0.1, 0.15) is 11.1 Å². The summed E-state index contributed by atoms with van der Waals surface area (Å²) in [5.74, 6) is -1.27. The minimum atomic E-state index is -0.604. The summed E-state index contributed by atoms with van der Waals surface area (Å²) < 4.78 is 0. The van der Waals surface area contributed by atoms with Gasteiger partial charge in [-0.15, -0.1) is 0 Å². The SMILES string of the molecule is O=C1C(Br)C(Br)C(=O)N1Cc1ccccc1CN1C(=O)C(Br)C(Br)C1=O. The maximum absolute atomic E-state index is 12.3. The molecule has 0 radical (unpaired) electrons. The van der Waals surface area contributed by atoms with Crippen molar-refractivity contribution in [3.05, 3.63) is 35.4 Å². The van der Waals surface area contributed by atoms with Crippen LogP contribution < -0.4 is 0 Å². The molecular weight excluding hydrogens is 604 g/mol. The maximum atomic E-state index is 12.3. The number of imide groups is 2. The van der Waals surface area contributed by atoms with E-state index in [-0.39, 0.29) is 36.7 Å². The fraction of sp³-hybridized carbons (Fsp3) is 0.375. The zero-order valence-electron chi connectivity index (χ0n) is 13.1. The highest BCUT2D eigenvalue weighted by Crippen LogP contribution is 2.31. The van der Waals surface area contributed by atoms with Crippen LogP contribution in [0.15, 0.2) is 24.3 Å². The lowest BCUT2D eigenvalue weighted by molar-refractivity contribution is -0.140. The van der Waals surface area contributed by atoms with Gasteiger partial charge in [0.15, 0.2) is 0 Å². The van der Waals surface area contributed by atoms with E-state index in [9.17, 15) is 19.2 Å². The van der Waals surface area contributed by atoms with Crippen LogP contribution in [0.25, 0.3) is 0 Å². The number of carbonyl (C=O) groups excluding carboxylic acids is 4. The third-order valence-corrected chi connectivity index (χ3v) is 9.40. The first-order valence-electron chi connectivity index (χ1n) is 7.57. The monoisotopic (exact) mass is 612 g/mol. The van der Waals surface area contributed by atoms with E-state index >= 15 is 0 Å². The van der Waals surface area contributed by atoms with Crippen molar-refractivity contribution in [2.75, 3.05) is 0 Å². The van der Waals surface area contributed by atoms with E-state index in [1.165, 1.54) is 9.80 Å². The summed E-state index contributed by atoms with van der Waals surface area (Å²) in [7, 11) is 0. The van der Waals surface area contributed by atoms with Gasteiger partial charge in [-0.25, -0.2) is 0 Å². The fourth-order valence-corrected chi connectivity index (χ4v) is 4.72. The van der Waals surface area contributed by atoms with Gasteiger partial charge < -0.3 is 0 Å². The predicted molar refractivity (Wildman–Crippen MR) is 108 cm³/mol. The van der Waals surface area contributed by atoms with Gasteiger partial charge in [0.05, 0.1) is 13.1 Å². The number of likely N-dealkylation sites (tertiary alicyclic amines) is 2. The molecule has 10 heteroatoms. The summed E-state index contributed by atoms with van der Waals surface area (Å²) in [4.78, 5) is 49.0. The van der Waals surface area contributed by atoms with Crippen LogP contribution in [0.5, 0.6) is 0 Å². The van der Waals surface area contributed by atoms with Crippen LogP contribution in [0.3, 0.4) is 0 Å². The van der Waals surface area contributed by atoms with Crippen molar-refractivity contribution in [3.8, 4) is 0 Å². The molecule has 2 heterocycles. The predicted octanol–water partition coefficient (Wildman–Crippen LogP) is 2.48. The van der Waals surface area contributed by atoms with Crippen LogP contribution in [0, 0.1) is 0 Å². The quantitative estimate of drug-likeness (QED) is 0.386. The molecule has 4 atom stereocenters. The Kier molecular flexibility index (Phi) is 6.05. The molecule has 1 aromatic carbocycles. The maximum Gasteiger partial charge on any atom is 0.244 e. The average Bonchev–Trinajstić information content (AvgIpc) is 2.93. The van der Waals surface area contributed by atoms with E-state index in [0.29, 0.717) is 11.1 Å². The zero-order valence-corrected chi connectivity index (χ0v) is 19.4. The number of benzene rings is 1. The van der Waals surface area contributed by atoms with Crippen LogP contribution >= 0.6 is 63.7 Å². The summed E-state index contributed by atoms with van der Waals surface area (Å²) in [6, 6.07) is 7.14. The molecule has 4 amide bonds. The van der Waals surface area contributed by atoms with Gasteiger partial charge in [0.25, 0.3) is 0 Å². The van der Waals surface area contributed by atoms with Crippen LogP contribution in [-0.2, 0) is 32.3 Å². The Balaban J connectivity index is 1.84. The smallest absolute Gasteiger partial charge is 0.244 e. The second kappa shape index (κ2) is 7.81.